The summed E-state index contributed by atoms with van der Waals surface area (Å²) < 4.78 is 0. The van der Waals surface area contributed by atoms with Gasteiger partial charge in [0.15, 0.2) is 0 Å². The second-order valence-electron chi connectivity index (χ2n) is 6.10. The summed E-state index contributed by atoms with van der Waals surface area (Å²) in [6.07, 6.45) is 7.89. The highest BCUT2D eigenvalue weighted by Crippen LogP contribution is 2.35. The van der Waals surface area contributed by atoms with E-state index in [2.05, 4.69) is 13.8 Å². The van der Waals surface area contributed by atoms with Gasteiger partial charge in [0.25, 0.3) is 0 Å². The van der Waals surface area contributed by atoms with Crippen molar-refractivity contribution in [1.82, 2.24) is 4.90 Å². The second kappa shape index (κ2) is 7.13. The van der Waals surface area contributed by atoms with Crippen molar-refractivity contribution in [3.05, 3.63) is 0 Å². The summed E-state index contributed by atoms with van der Waals surface area (Å²) in [6, 6.07) is 0. The molecule has 1 fully saturated rings. The van der Waals surface area contributed by atoms with Crippen LogP contribution in [-0.4, -0.2) is 30.9 Å². The number of carbonyl (C=O) groups is 1. The number of nitrogens with two attached hydrogens (primary N) is 1. The predicted octanol–water partition coefficient (Wildman–Crippen LogP) is 2.79. The van der Waals surface area contributed by atoms with Gasteiger partial charge >= 0.3 is 0 Å². The van der Waals surface area contributed by atoms with E-state index < -0.39 is 0 Å². The SMILES string of the molecule is CCC(C)CN(C)C(=O)C1(CN)CCCCCC1. The zero-order valence-corrected chi connectivity index (χ0v) is 12.4. The van der Waals surface area contributed by atoms with Gasteiger partial charge in [-0.25, -0.2) is 0 Å². The lowest BCUT2D eigenvalue weighted by Crippen LogP contribution is -2.47. The zero-order chi connectivity index (χ0) is 13.6. The monoisotopic (exact) mass is 254 g/mol. The largest absolute Gasteiger partial charge is 0.345 e. The fourth-order valence-electron chi connectivity index (χ4n) is 3.00. The Kier molecular flexibility index (Phi) is 6.13. The Bertz CT molecular complexity index is 257. The van der Waals surface area contributed by atoms with E-state index in [1.54, 1.807) is 0 Å². The lowest BCUT2D eigenvalue weighted by atomic mass is 9.79. The van der Waals surface area contributed by atoms with Crippen LogP contribution in [0.3, 0.4) is 0 Å². The Balaban J connectivity index is 2.70. The minimum atomic E-state index is -0.265. The molecule has 1 saturated carbocycles. The van der Waals surface area contributed by atoms with Crippen molar-refractivity contribution in [2.75, 3.05) is 20.1 Å². The maximum Gasteiger partial charge on any atom is 0.229 e. The van der Waals surface area contributed by atoms with Crippen LogP contribution in [0, 0.1) is 11.3 Å². The lowest BCUT2D eigenvalue weighted by Gasteiger charge is -2.35. The summed E-state index contributed by atoms with van der Waals surface area (Å²) in [6.45, 7) is 5.74. The molecule has 0 aliphatic heterocycles. The Morgan fingerprint density at radius 1 is 1.28 bits per heavy atom. The Morgan fingerprint density at radius 2 is 1.83 bits per heavy atom. The zero-order valence-electron chi connectivity index (χ0n) is 12.4. The van der Waals surface area contributed by atoms with E-state index in [-0.39, 0.29) is 11.3 Å². The standard InChI is InChI=1S/C15H30N2O/c1-4-13(2)11-17(3)14(18)15(12-16)9-7-5-6-8-10-15/h13H,4-12,16H2,1-3H3. The molecule has 1 aliphatic carbocycles. The van der Waals surface area contributed by atoms with Gasteiger partial charge in [-0.1, -0.05) is 46.0 Å². The summed E-state index contributed by atoms with van der Waals surface area (Å²) >= 11 is 0. The first-order valence-electron chi connectivity index (χ1n) is 7.51. The molecule has 2 N–H and O–H groups in total. The molecule has 1 amide bonds. The molecule has 0 aromatic heterocycles. The average Bonchev–Trinajstić information content (AvgIpc) is 2.63. The second-order valence-corrected chi connectivity index (χ2v) is 6.10. The fourth-order valence-corrected chi connectivity index (χ4v) is 3.00. The Labute approximate surface area is 112 Å². The molecule has 1 unspecified atom stereocenters. The van der Waals surface area contributed by atoms with E-state index in [4.69, 9.17) is 5.73 Å². The van der Waals surface area contributed by atoms with Crippen LogP contribution in [0.2, 0.25) is 0 Å². The molecule has 0 saturated heterocycles. The van der Waals surface area contributed by atoms with Crippen molar-refractivity contribution in [2.45, 2.75) is 58.8 Å². The summed E-state index contributed by atoms with van der Waals surface area (Å²) in [5.41, 5.74) is 5.70. The van der Waals surface area contributed by atoms with E-state index in [0.29, 0.717) is 12.5 Å². The highest BCUT2D eigenvalue weighted by molar-refractivity contribution is 5.82. The van der Waals surface area contributed by atoms with E-state index in [1.165, 1.54) is 12.8 Å². The first kappa shape index (κ1) is 15.5. The first-order chi connectivity index (χ1) is 8.55. The van der Waals surface area contributed by atoms with E-state index in [1.807, 2.05) is 11.9 Å². The third kappa shape index (κ3) is 3.71. The maximum atomic E-state index is 12.7. The predicted molar refractivity (Wildman–Crippen MR) is 76.3 cm³/mol. The van der Waals surface area contributed by atoms with Crippen molar-refractivity contribution < 1.29 is 4.79 Å². The molecule has 1 aliphatic rings. The molecule has 1 rings (SSSR count). The van der Waals surface area contributed by atoms with Crippen LogP contribution in [0.5, 0.6) is 0 Å². The van der Waals surface area contributed by atoms with Crippen LogP contribution in [0.25, 0.3) is 0 Å². The molecule has 0 radical (unpaired) electrons. The fraction of sp³-hybridized carbons (Fsp3) is 0.933. The maximum absolute atomic E-state index is 12.7. The normalized spacial score (nSPS) is 21.1. The topological polar surface area (TPSA) is 46.3 Å². The summed E-state index contributed by atoms with van der Waals surface area (Å²) in [5, 5.41) is 0. The van der Waals surface area contributed by atoms with Gasteiger partial charge in [-0.05, 0) is 18.8 Å². The van der Waals surface area contributed by atoms with Gasteiger partial charge in [-0.2, -0.15) is 0 Å². The molecule has 1 atom stereocenters. The molecular formula is C15H30N2O. The van der Waals surface area contributed by atoms with Crippen molar-refractivity contribution in [3.8, 4) is 0 Å². The highest BCUT2D eigenvalue weighted by Gasteiger charge is 2.39. The van der Waals surface area contributed by atoms with Gasteiger partial charge in [-0.3, -0.25) is 4.79 Å². The van der Waals surface area contributed by atoms with Gasteiger partial charge in [0.1, 0.15) is 0 Å². The Hall–Kier alpha value is -0.570. The molecule has 18 heavy (non-hydrogen) atoms. The third-order valence-electron chi connectivity index (χ3n) is 4.53. The molecule has 106 valence electrons. The highest BCUT2D eigenvalue weighted by atomic mass is 16.2. The van der Waals surface area contributed by atoms with Crippen LogP contribution >= 0.6 is 0 Å². The molecule has 3 nitrogen and oxygen atoms in total. The molecule has 0 aromatic carbocycles. The minimum Gasteiger partial charge on any atom is -0.345 e. The van der Waals surface area contributed by atoms with Crippen molar-refractivity contribution in [1.29, 1.82) is 0 Å². The number of nitrogens with zero attached hydrogens (tertiary/aromatic N) is 1. The molecular weight excluding hydrogens is 224 g/mol. The van der Waals surface area contributed by atoms with Crippen LogP contribution in [0.1, 0.15) is 58.8 Å². The minimum absolute atomic E-state index is 0.265. The van der Waals surface area contributed by atoms with Gasteiger partial charge in [-0.15, -0.1) is 0 Å². The molecule has 0 spiro atoms. The number of amides is 1. The first-order valence-corrected chi connectivity index (χ1v) is 7.51. The lowest BCUT2D eigenvalue weighted by molar-refractivity contribution is -0.141. The quantitative estimate of drug-likeness (QED) is 0.767. The van der Waals surface area contributed by atoms with Crippen molar-refractivity contribution in [3.63, 3.8) is 0 Å². The van der Waals surface area contributed by atoms with Crippen LogP contribution in [-0.2, 0) is 4.79 Å². The Morgan fingerprint density at radius 3 is 2.28 bits per heavy atom. The number of rotatable bonds is 5. The van der Waals surface area contributed by atoms with Gasteiger partial charge < -0.3 is 10.6 Å². The van der Waals surface area contributed by atoms with Crippen LogP contribution in [0.4, 0.5) is 0 Å². The van der Waals surface area contributed by atoms with E-state index in [0.717, 1.165) is 38.6 Å². The third-order valence-corrected chi connectivity index (χ3v) is 4.53. The van der Waals surface area contributed by atoms with E-state index >= 15 is 0 Å². The number of carbonyl (C=O) groups excluding carboxylic acids is 1. The molecule has 3 heteroatoms. The van der Waals surface area contributed by atoms with Crippen LogP contribution < -0.4 is 5.73 Å². The number of hydrogen-bond donors (Lipinski definition) is 1. The van der Waals surface area contributed by atoms with Crippen molar-refractivity contribution in [2.24, 2.45) is 17.1 Å². The molecule has 0 heterocycles. The summed E-state index contributed by atoms with van der Waals surface area (Å²) in [4.78, 5) is 14.6. The van der Waals surface area contributed by atoms with Gasteiger partial charge in [0, 0.05) is 20.1 Å². The molecule has 0 bridgehead atoms. The molecule has 0 aromatic rings. The average molecular weight is 254 g/mol. The van der Waals surface area contributed by atoms with Crippen LogP contribution in [0.15, 0.2) is 0 Å². The van der Waals surface area contributed by atoms with E-state index in [9.17, 15) is 4.79 Å². The van der Waals surface area contributed by atoms with Crippen molar-refractivity contribution >= 4 is 5.91 Å². The number of hydrogen-bond acceptors (Lipinski definition) is 2. The summed E-state index contributed by atoms with van der Waals surface area (Å²) in [5.74, 6) is 0.853. The van der Waals surface area contributed by atoms with Gasteiger partial charge in [0.2, 0.25) is 5.91 Å². The van der Waals surface area contributed by atoms with Gasteiger partial charge in [0.05, 0.1) is 5.41 Å². The smallest absolute Gasteiger partial charge is 0.229 e. The summed E-state index contributed by atoms with van der Waals surface area (Å²) in [7, 11) is 1.94.